The number of phenolic OH excluding ortho intramolecular Hbond substituents is 1. The Bertz CT molecular complexity index is 2430. The van der Waals surface area contributed by atoms with Crippen LogP contribution in [0.5, 0.6) is 5.75 Å². The van der Waals surface area contributed by atoms with Crippen molar-refractivity contribution in [3.8, 4) is 56.3 Å². The van der Waals surface area contributed by atoms with E-state index in [2.05, 4.69) is 143 Å². The number of nitrogens with zero attached hydrogens (tertiary/aromatic N) is 3. The molecule has 0 unspecified atom stereocenters. The van der Waals surface area contributed by atoms with Crippen molar-refractivity contribution < 1.29 is 5.11 Å². The minimum atomic E-state index is -0.0771. The highest BCUT2D eigenvalue weighted by molar-refractivity contribution is 5.97. The van der Waals surface area contributed by atoms with Crippen molar-refractivity contribution in [1.29, 1.82) is 0 Å². The molecule has 1 N–H and O–H groups in total. The molecule has 0 bridgehead atoms. The Hall–Kier alpha value is -5.48. The van der Waals surface area contributed by atoms with Gasteiger partial charge in [0, 0.05) is 22.9 Å². The maximum atomic E-state index is 11.8. The maximum Gasteiger partial charge on any atom is 0.149 e. The molecule has 8 rings (SSSR count). The first-order valence-electron chi connectivity index (χ1n) is 18.6. The van der Waals surface area contributed by atoms with Crippen LogP contribution in [0.1, 0.15) is 76.6 Å². The van der Waals surface area contributed by atoms with E-state index in [1.807, 2.05) is 24.4 Å². The van der Waals surface area contributed by atoms with E-state index in [9.17, 15) is 5.11 Å². The van der Waals surface area contributed by atoms with Crippen LogP contribution >= 0.6 is 0 Å². The summed E-state index contributed by atoms with van der Waals surface area (Å²) in [5, 5.41) is 11.8. The molecule has 0 atom stereocenters. The van der Waals surface area contributed by atoms with Crippen LogP contribution in [0.25, 0.3) is 61.6 Å². The highest BCUT2D eigenvalue weighted by Gasteiger charge is 2.26. The molecule has 0 saturated carbocycles. The molecule has 0 radical (unpaired) electrons. The average molecular weight is 682 g/mol. The van der Waals surface area contributed by atoms with Crippen LogP contribution in [0.3, 0.4) is 0 Å². The molecule has 0 spiro atoms. The first-order chi connectivity index (χ1) is 25.0. The van der Waals surface area contributed by atoms with Crippen LogP contribution in [0.15, 0.2) is 121 Å². The summed E-state index contributed by atoms with van der Waals surface area (Å²) in [6.07, 6.45) is 6.18. The van der Waals surface area contributed by atoms with E-state index in [0.29, 0.717) is 0 Å². The molecule has 1 aliphatic carbocycles. The van der Waals surface area contributed by atoms with E-state index in [1.54, 1.807) is 0 Å². The molecule has 0 amide bonds. The third-order valence-corrected chi connectivity index (χ3v) is 10.6. The van der Waals surface area contributed by atoms with Gasteiger partial charge in [0.05, 0.1) is 28.0 Å². The van der Waals surface area contributed by atoms with Crippen molar-refractivity contribution in [1.82, 2.24) is 14.5 Å². The second kappa shape index (κ2) is 12.9. The molecule has 1 aliphatic rings. The van der Waals surface area contributed by atoms with Gasteiger partial charge in [0.2, 0.25) is 0 Å². The second-order valence-electron chi connectivity index (χ2n) is 16.4. The normalized spacial score (nSPS) is 13.3. The van der Waals surface area contributed by atoms with Crippen LogP contribution in [-0.2, 0) is 23.7 Å². The fourth-order valence-electron chi connectivity index (χ4n) is 7.65. The summed E-state index contributed by atoms with van der Waals surface area (Å²) in [6.45, 7) is 13.6. The van der Waals surface area contributed by atoms with Gasteiger partial charge in [-0.2, -0.15) is 0 Å². The highest BCUT2D eigenvalue weighted by Crippen LogP contribution is 2.43. The number of imidazole rings is 1. The van der Waals surface area contributed by atoms with Crippen LogP contribution in [0.4, 0.5) is 0 Å². The monoisotopic (exact) mass is 681 g/mol. The predicted octanol–water partition coefficient (Wildman–Crippen LogP) is 12.3. The van der Waals surface area contributed by atoms with Crippen molar-refractivity contribution in [2.24, 2.45) is 0 Å². The Morgan fingerprint density at radius 1 is 0.577 bits per heavy atom. The highest BCUT2D eigenvalue weighted by atomic mass is 16.3. The zero-order chi connectivity index (χ0) is 36.2. The summed E-state index contributed by atoms with van der Waals surface area (Å²) in [5.41, 5.74) is 15.1. The van der Waals surface area contributed by atoms with E-state index in [-0.39, 0.29) is 16.6 Å². The fourth-order valence-corrected chi connectivity index (χ4v) is 7.65. The largest absolute Gasteiger partial charge is 0.507 e. The first kappa shape index (κ1) is 33.7. The van der Waals surface area contributed by atoms with Gasteiger partial charge >= 0.3 is 0 Å². The lowest BCUT2D eigenvalue weighted by molar-refractivity contribution is 0.474. The molecular formula is C48H47N3O. The number of hydrogen-bond acceptors (Lipinski definition) is 3. The lowest BCUT2D eigenvalue weighted by atomic mass is 9.83. The third kappa shape index (κ3) is 6.21. The number of benzene rings is 5. The summed E-state index contributed by atoms with van der Waals surface area (Å²) in [5.74, 6) is 1.02. The Morgan fingerprint density at radius 2 is 1.29 bits per heavy atom. The van der Waals surface area contributed by atoms with E-state index >= 15 is 0 Å². The lowest BCUT2D eigenvalue weighted by Crippen LogP contribution is -2.12. The number of pyridine rings is 1. The van der Waals surface area contributed by atoms with E-state index in [4.69, 9.17) is 9.97 Å². The van der Waals surface area contributed by atoms with Gasteiger partial charge in [-0.25, -0.2) is 4.98 Å². The summed E-state index contributed by atoms with van der Waals surface area (Å²) in [6, 6.07) is 41.0. The molecule has 52 heavy (non-hydrogen) atoms. The van der Waals surface area contributed by atoms with Crippen molar-refractivity contribution in [3.63, 3.8) is 0 Å². The summed E-state index contributed by atoms with van der Waals surface area (Å²) in [7, 11) is 0. The number of fused-ring (bicyclic) bond motifs is 2. The summed E-state index contributed by atoms with van der Waals surface area (Å²) >= 11 is 0. The Kier molecular flexibility index (Phi) is 8.37. The number of phenols is 1. The summed E-state index contributed by atoms with van der Waals surface area (Å²) in [4.78, 5) is 10.3. The number of para-hydroxylation sites is 1. The quantitative estimate of drug-likeness (QED) is 0.197. The zero-order valence-electron chi connectivity index (χ0n) is 31.2. The maximum absolute atomic E-state index is 11.8. The topological polar surface area (TPSA) is 50.9 Å². The molecule has 7 aromatic rings. The Labute approximate surface area is 307 Å². The van der Waals surface area contributed by atoms with E-state index in [1.165, 1.54) is 22.3 Å². The standard InChI is InChI=1S/C48H47N3O/c1-47(2,3)36-22-23-42(39(30-36)31-15-8-7-9-16-31)51-43-21-14-19-38(34-25-35(41-20-12-13-24-49-41)27-37(26-34)48(4,5)6)45(43)50-46(51)40-28-32-17-10-11-18-33(32)29-44(40)52/h7-9,12-16,19-30,52H,10-11,17-18H2,1-6H3. The average Bonchev–Trinajstić information content (AvgIpc) is 3.53. The Balaban J connectivity index is 1.45. The molecule has 5 aromatic carbocycles. The van der Waals surface area contributed by atoms with Crippen molar-refractivity contribution in [3.05, 3.63) is 144 Å². The number of rotatable bonds is 5. The molecule has 0 saturated heterocycles. The van der Waals surface area contributed by atoms with Gasteiger partial charge in [-0.05, 0) is 124 Å². The van der Waals surface area contributed by atoms with Gasteiger partial charge in [-0.3, -0.25) is 9.55 Å². The van der Waals surface area contributed by atoms with Gasteiger partial charge in [0.1, 0.15) is 11.6 Å². The summed E-state index contributed by atoms with van der Waals surface area (Å²) < 4.78 is 2.28. The number of aromatic nitrogens is 3. The van der Waals surface area contributed by atoms with Crippen molar-refractivity contribution in [2.45, 2.75) is 78.1 Å². The van der Waals surface area contributed by atoms with Crippen molar-refractivity contribution in [2.75, 3.05) is 0 Å². The SMILES string of the molecule is CC(C)(C)c1cc(-c2ccccn2)cc(-c2cccc3c2nc(-c2cc4c(cc2O)CCCC4)n3-c2ccc(C(C)(C)C)cc2-c2ccccc2)c1. The molecule has 2 heterocycles. The van der Waals surface area contributed by atoms with E-state index < -0.39 is 0 Å². The minimum Gasteiger partial charge on any atom is -0.507 e. The van der Waals surface area contributed by atoms with Gasteiger partial charge in [-0.15, -0.1) is 0 Å². The molecule has 260 valence electrons. The first-order valence-corrected chi connectivity index (χ1v) is 18.6. The number of hydrogen-bond donors (Lipinski definition) is 1. The predicted molar refractivity (Wildman–Crippen MR) is 216 cm³/mol. The van der Waals surface area contributed by atoms with Gasteiger partial charge in [-0.1, -0.05) is 102 Å². The zero-order valence-corrected chi connectivity index (χ0v) is 31.2. The number of aromatic hydroxyl groups is 1. The molecular weight excluding hydrogens is 635 g/mol. The van der Waals surface area contributed by atoms with Crippen LogP contribution in [0.2, 0.25) is 0 Å². The van der Waals surface area contributed by atoms with Gasteiger partial charge < -0.3 is 5.11 Å². The molecule has 4 heteroatoms. The van der Waals surface area contributed by atoms with Gasteiger partial charge in [0.15, 0.2) is 0 Å². The minimum absolute atomic E-state index is 0.0325. The van der Waals surface area contributed by atoms with Crippen LogP contribution in [0, 0.1) is 0 Å². The second-order valence-corrected chi connectivity index (χ2v) is 16.4. The lowest BCUT2D eigenvalue weighted by Gasteiger charge is -2.23. The van der Waals surface area contributed by atoms with E-state index in [0.717, 1.165) is 87.3 Å². The van der Waals surface area contributed by atoms with Gasteiger partial charge in [0.25, 0.3) is 0 Å². The molecule has 0 fully saturated rings. The van der Waals surface area contributed by atoms with Crippen molar-refractivity contribution >= 4 is 11.0 Å². The van der Waals surface area contributed by atoms with Crippen LogP contribution < -0.4 is 0 Å². The Morgan fingerprint density at radius 3 is 2.00 bits per heavy atom. The molecule has 4 nitrogen and oxygen atoms in total. The molecule has 0 aliphatic heterocycles. The number of aryl methyl sites for hydroxylation is 2. The fraction of sp³-hybridized carbons (Fsp3) is 0.250. The molecule has 2 aromatic heterocycles. The van der Waals surface area contributed by atoms with Crippen LogP contribution in [-0.4, -0.2) is 19.6 Å². The smallest absolute Gasteiger partial charge is 0.149 e. The third-order valence-electron chi connectivity index (χ3n) is 10.6.